The van der Waals surface area contributed by atoms with Gasteiger partial charge in [-0.05, 0) is 24.1 Å². The molecule has 3 rings (SSSR count). The summed E-state index contributed by atoms with van der Waals surface area (Å²) in [5.41, 5.74) is 1.22. The van der Waals surface area contributed by atoms with Crippen molar-refractivity contribution in [2.24, 2.45) is 17.0 Å². The number of hydrogen-bond acceptors (Lipinski definition) is 4. The van der Waals surface area contributed by atoms with E-state index < -0.39 is 10.8 Å². The van der Waals surface area contributed by atoms with Crippen LogP contribution < -0.4 is 0 Å². The average molecular weight is 343 g/mol. The third kappa shape index (κ3) is 4.03. The standard InChI is InChI=1S/C19H21NO3S/c1-22-20-19-18(12-15-8-4-2-5-9-15)16(13-23-19)14-24(21)17-10-6-3-7-11-17/h2-11,16,18H,12-14H2,1H3/b20-19-/t16-,18+,24?/m0/s1. The van der Waals surface area contributed by atoms with Crippen LogP contribution in [0.2, 0.25) is 0 Å². The number of hydrogen-bond donors (Lipinski definition) is 0. The first-order chi connectivity index (χ1) is 11.8. The fourth-order valence-electron chi connectivity index (χ4n) is 2.95. The lowest BCUT2D eigenvalue weighted by Gasteiger charge is -2.16. The Kier molecular flexibility index (Phi) is 5.64. The summed E-state index contributed by atoms with van der Waals surface area (Å²) in [5, 5.41) is 4.03. The van der Waals surface area contributed by atoms with Gasteiger partial charge < -0.3 is 9.57 Å². The molecule has 0 saturated carbocycles. The largest absolute Gasteiger partial charge is 0.478 e. The van der Waals surface area contributed by atoms with E-state index in [4.69, 9.17) is 9.57 Å². The van der Waals surface area contributed by atoms with E-state index in [1.807, 2.05) is 48.5 Å². The highest BCUT2D eigenvalue weighted by molar-refractivity contribution is 7.85. The molecule has 4 nitrogen and oxygen atoms in total. The lowest BCUT2D eigenvalue weighted by molar-refractivity contribution is 0.195. The molecule has 5 heteroatoms. The maximum Gasteiger partial charge on any atom is 0.229 e. The first-order valence-electron chi connectivity index (χ1n) is 7.99. The molecule has 1 fully saturated rings. The summed E-state index contributed by atoms with van der Waals surface area (Å²) in [4.78, 5) is 5.77. The molecule has 3 atom stereocenters. The molecular formula is C19H21NO3S. The van der Waals surface area contributed by atoms with Gasteiger partial charge in [-0.3, -0.25) is 4.21 Å². The highest BCUT2D eigenvalue weighted by atomic mass is 32.2. The Morgan fingerprint density at radius 2 is 1.79 bits per heavy atom. The summed E-state index contributed by atoms with van der Waals surface area (Å²) in [6, 6.07) is 19.8. The molecule has 1 saturated heterocycles. The van der Waals surface area contributed by atoms with Crippen LogP contribution in [-0.4, -0.2) is 29.6 Å². The van der Waals surface area contributed by atoms with Crippen molar-refractivity contribution in [3.8, 4) is 0 Å². The van der Waals surface area contributed by atoms with Crippen molar-refractivity contribution in [3.63, 3.8) is 0 Å². The summed E-state index contributed by atoms with van der Waals surface area (Å²) in [5.74, 6) is 1.40. The zero-order valence-corrected chi connectivity index (χ0v) is 14.4. The van der Waals surface area contributed by atoms with E-state index in [-0.39, 0.29) is 11.8 Å². The minimum absolute atomic E-state index is 0.0833. The summed E-state index contributed by atoms with van der Waals surface area (Å²) in [7, 11) is 0.473. The van der Waals surface area contributed by atoms with E-state index in [1.165, 1.54) is 12.7 Å². The van der Waals surface area contributed by atoms with Gasteiger partial charge in [-0.25, -0.2) is 0 Å². The molecule has 1 heterocycles. The molecule has 2 aromatic rings. The molecule has 1 aliphatic heterocycles. The zero-order chi connectivity index (χ0) is 16.8. The third-order valence-corrected chi connectivity index (χ3v) is 5.71. The Hall–Kier alpha value is -2.14. The summed E-state index contributed by atoms with van der Waals surface area (Å²) in [6.07, 6.45) is 0.805. The van der Waals surface area contributed by atoms with Gasteiger partial charge in [0.2, 0.25) is 5.90 Å². The van der Waals surface area contributed by atoms with Gasteiger partial charge >= 0.3 is 0 Å². The molecule has 126 valence electrons. The maximum atomic E-state index is 12.6. The quantitative estimate of drug-likeness (QED) is 0.757. The molecule has 24 heavy (non-hydrogen) atoms. The normalized spacial score (nSPS) is 23.0. The molecule has 0 radical (unpaired) electrons. The summed E-state index contributed by atoms with van der Waals surface area (Å²) < 4.78 is 18.4. The second-order valence-electron chi connectivity index (χ2n) is 5.80. The van der Waals surface area contributed by atoms with Crippen molar-refractivity contribution in [2.45, 2.75) is 11.3 Å². The molecule has 0 aromatic heterocycles. The Morgan fingerprint density at radius 3 is 2.46 bits per heavy atom. The molecule has 0 bridgehead atoms. The Bertz CT molecular complexity index is 703. The van der Waals surface area contributed by atoms with E-state index in [0.717, 1.165) is 11.3 Å². The van der Waals surface area contributed by atoms with Crippen molar-refractivity contribution in [1.82, 2.24) is 0 Å². The van der Waals surface area contributed by atoms with E-state index in [9.17, 15) is 4.21 Å². The molecule has 0 N–H and O–H groups in total. The number of ether oxygens (including phenoxy) is 1. The van der Waals surface area contributed by atoms with Gasteiger partial charge in [0.15, 0.2) is 0 Å². The van der Waals surface area contributed by atoms with Gasteiger partial charge in [0.25, 0.3) is 0 Å². The minimum Gasteiger partial charge on any atom is -0.478 e. The first kappa shape index (κ1) is 16.7. The lowest BCUT2D eigenvalue weighted by atomic mass is 9.90. The van der Waals surface area contributed by atoms with Crippen molar-refractivity contribution >= 4 is 16.7 Å². The smallest absolute Gasteiger partial charge is 0.229 e. The second kappa shape index (κ2) is 8.11. The molecule has 0 amide bonds. The van der Waals surface area contributed by atoms with Crippen LogP contribution in [0.15, 0.2) is 70.7 Å². The SMILES string of the molecule is CO/N=C1\OC[C@@H](CS(=O)c2ccccc2)[C@H]1Cc1ccccc1. The number of rotatable bonds is 6. The highest BCUT2D eigenvalue weighted by Crippen LogP contribution is 2.29. The minimum atomic E-state index is -1.05. The van der Waals surface area contributed by atoms with Gasteiger partial charge in [-0.15, -0.1) is 0 Å². The fourth-order valence-corrected chi connectivity index (χ4v) is 4.32. The van der Waals surface area contributed by atoms with E-state index in [0.29, 0.717) is 18.3 Å². The highest BCUT2D eigenvalue weighted by Gasteiger charge is 2.37. The Balaban J connectivity index is 1.75. The van der Waals surface area contributed by atoms with Crippen LogP contribution in [0.3, 0.4) is 0 Å². The molecule has 2 aromatic carbocycles. The van der Waals surface area contributed by atoms with Crippen LogP contribution in [0.4, 0.5) is 0 Å². The van der Waals surface area contributed by atoms with Crippen LogP contribution >= 0.6 is 0 Å². The lowest BCUT2D eigenvalue weighted by Crippen LogP contribution is -2.24. The predicted octanol–water partition coefficient (Wildman–Crippen LogP) is 3.26. The van der Waals surface area contributed by atoms with Crippen LogP contribution in [-0.2, 0) is 26.8 Å². The van der Waals surface area contributed by atoms with E-state index >= 15 is 0 Å². The van der Waals surface area contributed by atoms with Crippen LogP contribution in [0.5, 0.6) is 0 Å². The fraction of sp³-hybridized carbons (Fsp3) is 0.316. The zero-order valence-electron chi connectivity index (χ0n) is 13.6. The summed E-state index contributed by atoms with van der Waals surface area (Å²) >= 11 is 0. The number of benzene rings is 2. The molecular weight excluding hydrogens is 322 g/mol. The third-order valence-electron chi connectivity index (χ3n) is 4.18. The number of oxime groups is 1. The van der Waals surface area contributed by atoms with Crippen molar-refractivity contribution in [2.75, 3.05) is 19.5 Å². The van der Waals surface area contributed by atoms with Crippen molar-refractivity contribution < 1.29 is 13.8 Å². The van der Waals surface area contributed by atoms with E-state index in [1.54, 1.807) is 0 Å². The molecule has 1 aliphatic rings. The molecule has 0 aliphatic carbocycles. The van der Waals surface area contributed by atoms with Gasteiger partial charge in [-0.2, -0.15) is 0 Å². The first-order valence-corrected chi connectivity index (χ1v) is 9.31. The molecule has 0 spiro atoms. The van der Waals surface area contributed by atoms with E-state index in [2.05, 4.69) is 17.3 Å². The topological polar surface area (TPSA) is 47.9 Å². The monoisotopic (exact) mass is 343 g/mol. The van der Waals surface area contributed by atoms with Crippen LogP contribution in [0, 0.1) is 11.8 Å². The van der Waals surface area contributed by atoms with Gasteiger partial charge in [0.1, 0.15) is 7.11 Å². The van der Waals surface area contributed by atoms with Crippen molar-refractivity contribution in [3.05, 3.63) is 66.2 Å². The number of nitrogens with zero attached hydrogens (tertiary/aromatic N) is 1. The summed E-state index contributed by atoms with van der Waals surface area (Å²) in [6.45, 7) is 0.526. The van der Waals surface area contributed by atoms with Crippen LogP contribution in [0.1, 0.15) is 5.56 Å². The van der Waals surface area contributed by atoms with Gasteiger partial charge in [-0.1, -0.05) is 53.7 Å². The second-order valence-corrected chi connectivity index (χ2v) is 7.30. The predicted molar refractivity (Wildman–Crippen MR) is 95.2 cm³/mol. The van der Waals surface area contributed by atoms with Gasteiger partial charge in [0, 0.05) is 22.5 Å². The van der Waals surface area contributed by atoms with Crippen molar-refractivity contribution in [1.29, 1.82) is 0 Å². The van der Waals surface area contributed by atoms with Crippen LogP contribution in [0.25, 0.3) is 0 Å². The van der Waals surface area contributed by atoms with Gasteiger partial charge in [0.05, 0.1) is 17.4 Å². The Morgan fingerprint density at radius 1 is 1.12 bits per heavy atom. The average Bonchev–Trinajstić information content (AvgIpc) is 2.99. The molecule has 1 unspecified atom stereocenters. The maximum absolute atomic E-state index is 12.6. The Labute approximate surface area is 144 Å².